The molecule has 0 fully saturated rings. The fourth-order valence-corrected chi connectivity index (χ4v) is 3.70. The van der Waals surface area contributed by atoms with Gasteiger partial charge in [-0.3, -0.25) is 4.79 Å². The van der Waals surface area contributed by atoms with E-state index < -0.39 is 0 Å². The number of hydrogen-bond acceptors (Lipinski definition) is 5. The van der Waals surface area contributed by atoms with E-state index in [0.717, 1.165) is 11.1 Å². The van der Waals surface area contributed by atoms with Crippen molar-refractivity contribution >= 4 is 57.4 Å². The molecule has 5 aromatic rings. The van der Waals surface area contributed by atoms with Crippen LogP contribution in [0.2, 0.25) is 5.02 Å². The highest BCUT2D eigenvalue weighted by atomic mass is 35.5. The lowest BCUT2D eigenvalue weighted by Crippen LogP contribution is -2.14. The van der Waals surface area contributed by atoms with Crippen LogP contribution >= 0.6 is 11.6 Å². The molecular weight excluding hydrogens is 436 g/mol. The molecular formula is C25H19ClN6O. The summed E-state index contributed by atoms with van der Waals surface area (Å²) < 4.78 is 1.44. The molecule has 0 spiro atoms. The van der Waals surface area contributed by atoms with E-state index in [1.54, 1.807) is 18.3 Å². The van der Waals surface area contributed by atoms with Crippen LogP contribution in [0.4, 0.5) is 11.5 Å². The number of benzene rings is 3. The van der Waals surface area contributed by atoms with Gasteiger partial charge in [0.15, 0.2) is 5.65 Å². The first-order valence-electron chi connectivity index (χ1n) is 10.2. The maximum absolute atomic E-state index is 13.3. The summed E-state index contributed by atoms with van der Waals surface area (Å²) in [5.74, 6) is -0.233. The largest absolute Gasteiger partial charge is 0.383 e. The Kier molecular flexibility index (Phi) is 5.24. The molecule has 0 radical (unpaired) electrons. The lowest BCUT2D eigenvalue weighted by Gasteiger charge is -2.06. The van der Waals surface area contributed by atoms with Gasteiger partial charge in [0.2, 0.25) is 0 Å². The Morgan fingerprint density at radius 2 is 1.76 bits per heavy atom. The van der Waals surface area contributed by atoms with E-state index in [1.165, 1.54) is 4.68 Å². The number of aromatic nitrogens is 3. The first-order chi connectivity index (χ1) is 16.0. The summed E-state index contributed by atoms with van der Waals surface area (Å²) in [5, 5.41) is 8.04. The zero-order valence-corrected chi connectivity index (χ0v) is 18.4. The number of para-hydroxylation sites is 2. The van der Waals surface area contributed by atoms with Crippen molar-refractivity contribution < 1.29 is 4.79 Å². The molecule has 3 aromatic carbocycles. The minimum Gasteiger partial charge on any atom is -0.383 e. The van der Waals surface area contributed by atoms with Crippen LogP contribution in [0, 0.1) is 6.92 Å². The Morgan fingerprint density at radius 1 is 1.03 bits per heavy atom. The molecule has 5 rings (SSSR count). The average Bonchev–Trinajstić information content (AvgIpc) is 3.07. The smallest absolute Gasteiger partial charge is 0.261 e. The van der Waals surface area contributed by atoms with Gasteiger partial charge in [-0.2, -0.15) is 9.78 Å². The summed E-state index contributed by atoms with van der Waals surface area (Å²) in [4.78, 5) is 22.7. The van der Waals surface area contributed by atoms with Gasteiger partial charge in [-0.15, -0.1) is 0 Å². The molecule has 0 aliphatic carbocycles. The minimum atomic E-state index is -0.381. The highest BCUT2D eigenvalue weighted by molar-refractivity contribution is 6.30. The molecule has 3 N–H and O–H groups in total. The van der Waals surface area contributed by atoms with Crippen LogP contribution in [0.15, 0.2) is 77.9 Å². The van der Waals surface area contributed by atoms with E-state index in [2.05, 4.69) is 10.4 Å². The number of rotatable bonds is 4. The third-order valence-electron chi connectivity index (χ3n) is 5.17. The van der Waals surface area contributed by atoms with E-state index >= 15 is 0 Å². The predicted octanol–water partition coefficient (Wildman–Crippen LogP) is 5.26. The first-order valence-corrected chi connectivity index (χ1v) is 10.6. The Morgan fingerprint density at radius 3 is 2.48 bits per heavy atom. The van der Waals surface area contributed by atoms with Gasteiger partial charge in [0, 0.05) is 10.7 Å². The van der Waals surface area contributed by atoms with Gasteiger partial charge in [0.1, 0.15) is 16.9 Å². The Hall–Kier alpha value is -4.23. The zero-order chi connectivity index (χ0) is 22.9. The number of nitrogens with two attached hydrogens (primary N) is 1. The number of anilines is 2. The molecule has 7 nitrogen and oxygen atoms in total. The topological polar surface area (TPSA) is 98.2 Å². The second-order valence-electron chi connectivity index (χ2n) is 7.58. The van der Waals surface area contributed by atoms with Crippen LogP contribution in [0.5, 0.6) is 0 Å². The lowest BCUT2D eigenvalue weighted by atomic mass is 10.2. The van der Waals surface area contributed by atoms with Crippen LogP contribution < -0.4 is 11.1 Å². The van der Waals surface area contributed by atoms with Crippen molar-refractivity contribution in [1.82, 2.24) is 14.6 Å². The first kappa shape index (κ1) is 20.7. The van der Waals surface area contributed by atoms with Crippen LogP contribution in [0.1, 0.15) is 21.5 Å². The van der Waals surface area contributed by atoms with Crippen molar-refractivity contribution in [3.63, 3.8) is 0 Å². The molecule has 0 aliphatic rings. The second kappa shape index (κ2) is 8.37. The molecule has 2 heterocycles. The SMILES string of the molecule is Cc1cccc(NC(=O)c2c(N)n(/N=C\c3ccc(Cl)cc3)c3nc4ccccc4nc23)c1. The number of nitrogens with one attached hydrogen (secondary N) is 1. The summed E-state index contributed by atoms with van der Waals surface area (Å²) >= 11 is 5.97. The predicted molar refractivity (Wildman–Crippen MR) is 133 cm³/mol. The molecule has 8 heteroatoms. The van der Waals surface area contributed by atoms with E-state index in [4.69, 9.17) is 27.3 Å². The van der Waals surface area contributed by atoms with Crippen LogP contribution in [-0.4, -0.2) is 26.8 Å². The van der Waals surface area contributed by atoms with Crippen LogP contribution in [0.3, 0.4) is 0 Å². The number of fused-ring (bicyclic) bond motifs is 2. The summed E-state index contributed by atoms with van der Waals surface area (Å²) in [6.45, 7) is 1.96. The molecule has 1 amide bonds. The molecule has 0 atom stereocenters. The van der Waals surface area contributed by atoms with Gasteiger partial charge < -0.3 is 11.1 Å². The quantitative estimate of drug-likeness (QED) is 0.362. The van der Waals surface area contributed by atoms with Crippen molar-refractivity contribution in [2.24, 2.45) is 5.10 Å². The maximum Gasteiger partial charge on any atom is 0.261 e. The van der Waals surface area contributed by atoms with Crippen molar-refractivity contribution in [3.05, 3.63) is 94.5 Å². The number of nitrogen functional groups attached to an aromatic ring is 1. The number of nitrogens with zero attached hydrogens (tertiary/aromatic N) is 4. The van der Waals surface area contributed by atoms with Crippen molar-refractivity contribution in [3.8, 4) is 0 Å². The average molecular weight is 455 g/mol. The van der Waals surface area contributed by atoms with E-state index in [-0.39, 0.29) is 17.3 Å². The number of hydrogen-bond donors (Lipinski definition) is 2. The van der Waals surface area contributed by atoms with Gasteiger partial charge in [-0.05, 0) is 54.4 Å². The third-order valence-corrected chi connectivity index (χ3v) is 5.42. The van der Waals surface area contributed by atoms with E-state index in [0.29, 0.717) is 32.9 Å². The third kappa shape index (κ3) is 4.02. The highest BCUT2D eigenvalue weighted by Crippen LogP contribution is 2.28. The summed E-state index contributed by atoms with van der Waals surface area (Å²) in [6.07, 6.45) is 1.63. The van der Waals surface area contributed by atoms with Gasteiger partial charge >= 0.3 is 0 Å². The minimum absolute atomic E-state index is 0.149. The Bertz CT molecular complexity index is 1540. The van der Waals surface area contributed by atoms with E-state index in [9.17, 15) is 4.79 Å². The maximum atomic E-state index is 13.3. The van der Waals surface area contributed by atoms with Crippen molar-refractivity contribution in [2.45, 2.75) is 6.92 Å². The number of carbonyl (C=O) groups excluding carboxylic acids is 1. The summed E-state index contributed by atoms with van der Waals surface area (Å²) in [5.41, 5.74) is 11.3. The highest BCUT2D eigenvalue weighted by Gasteiger charge is 2.24. The molecule has 162 valence electrons. The normalized spacial score (nSPS) is 11.5. The van der Waals surface area contributed by atoms with Crippen molar-refractivity contribution in [2.75, 3.05) is 11.1 Å². The van der Waals surface area contributed by atoms with Crippen LogP contribution in [0.25, 0.3) is 22.2 Å². The van der Waals surface area contributed by atoms with Gasteiger partial charge in [-0.25, -0.2) is 9.97 Å². The van der Waals surface area contributed by atoms with Crippen LogP contribution in [-0.2, 0) is 0 Å². The number of aryl methyl sites for hydroxylation is 1. The monoisotopic (exact) mass is 454 g/mol. The molecule has 0 aliphatic heterocycles. The number of carbonyl (C=O) groups is 1. The van der Waals surface area contributed by atoms with Crippen molar-refractivity contribution in [1.29, 1.82) is 0 Å². The summed E-state index contributed by atoms with van der Waals surface area (Å²) in [6, 6.07) is 22.2. The van der Waals surface area contributed by atoms with E-state index in [1.807, 2.05) is 67.6 Å². The molecule has 0 unspecified atom stereocenters. The Balaban J connectivity index is 1.66. The van der Waals surface area contributed by atoms with Gasteiger partial charge in [-0.1, -0.05) is 48.0 Å². The fraction of sp³-hybridized carbons (Fsp3) is 0.0400. The lowest BCUT2D eigenvalue weighted by molar-refractivity contribution is 0.102. The number of amides is 1. The molecule has 0 bridgehead atoms. The second-order valence-corrected chi connectivity index (χ2v) is 8.01. The fourth-order valence-electron chi connectivity index (χ4n) is 3.58. The standard InChI is InChI=1S/C25H19ClN6O/c1-15-5-4-6-18(13-15)29-25(33)21-22-24(31-20-8-3-2-7-19(20)30-22)32(23(21)27)28-14-16-9-11-17(26)12-10-16/h2-14H,27H2,1H3,(H,29,33)/b28-14-. The molecule has 33 heavy (non-hydrogen) atoms. The van der Waals surface area contributed by atoms with Gasteiger partial charge in [0.05, 0.1) is 17.2 Å². The molecule has 0 saturated heterocycles. The number of halogens is 1. The zero-order valence-electron chi connectivity index (χ0n) is 17.7. The molecule has 2 aromatic heterocycles. The molecule has 0 saturated carbocycles. The summed E-state index contributed by atoms with van der Waals surface area (Å²) in [7, 11) is 0. The van der Waals surface area contributed by atoms with Gasteiger partial charge in [0.25, 0.3) is 5.91 Å². The Labute approximate surface area is 194 Å².